The van der Waals surface area contributed by atoms with Gasteiger partial charge in [-0.25, -0.2) is 9.50 Å². The van der Waals surface area contributed by atoms with E-state index >= 15 is 0 Å². The van der Waals surface area contributed by atoms with Crippen molar-refractivity contribution in [3.8, 4) is 0 Å². The average Bonchev–Trinajstić information content (AvgIpc) is 3.07. The maximum atomic E-state index is 12.1. The summed E-state index contributed by atoms with van der Waals surface area (Å²) in [6.07, 6.45) is 3.82. The first-order chi connectivity index (χ1) is 8.16. The lowest BCUT2D eigenvalue weighted by Crippen LogP contribution is -2.29. The van der Waals surface area contributed by atoms with Crippen molar-refractivity contribution in [2.45, 2.75) is 25.8 Å². The average molecular weight is 231 g/mol. The van der Waals surface area contributed by atoms with Crippen molar-refractivity contribution in [2.24, 2.45) is 0 Å². The molecule has 88 valence electrons. The second-order valence-electron chi connectivity index (χ2n) is 4.38. The van der Waals surface area contributed by atoms with E-state index in [0.717, 1.165) is 18.5 Å². The van der Waals surface area contributed by atoms with Gasteiger partial charge in [0.1, 0.15) is 0 Å². The van der Waals surface area contributed by atoms with Gasteiger partial charge >= 0.3 is 0 Å². The number of rotatable bonds is 2. The second kappa shape index (κ2) is 3.51. The molecule has 2 aromatic heterocycles. The van der Waals surface area contributed by atoms with Crippen LogP contribution in [0.2, 0.25) is 0 Å². The van der Waals surface area contributed by atoms with Crippen molar-refractivity contribution in [2.75, 3.05) is 7.05 Å². The van der Waals surface area contributed by atoms with Crippen molar-refractivity contribution in [1.82, 2.24) is 24.5 Å². The van der Waals surface area contributed by atoms with Crippen LogP contribution < -0.4 is 0 Å². The Morgan fingerprint density at radius 1 is 1.53 bits per heavy atom. The lowest BCUT2D eigenvalue weighted by atomic mass is 10.4. The van der Waals surface area contributed by atoms with Gasteiger partial charge in [0.05, 0.1) is 0 Å². The molecule has 0 aliphatic heterocycles. The number of fused-ring (bicyclic) bond motifs is 1. The fourth-order valence-electron chi connectivity index (χ4n) is 1.78. The van der Waals surface area contributed by atoms with E-state index in [1.165, 1.54) is 0 Å². The molecule has 1 saturated carbocycles. The molecular formula is C11H13N5O. The van der Waals surface area contributed by atoms with Gasteiger partial charge in [-0.15, -0.1) is 5.10 Å². The normalized spacial score (nSPS) is 15.2. The fraction of sp³-hybridized carbons (Fsp3) is 0.455. The van der Waals surface area contributed by atoms with E-state index < -0.39 is 0 Å². The Balaban J connectivity index is 2.00. The van der Waals surface area contributed by atoms with Crippen LogP contribution >= 0.6 is 0 Å². The summed E-state index contributed by atoms with van der Waals surface area (Å²) >= 11 is 0. The molecular weight excluding hydrogens is 218 g/mol. The van der Waals surface area contributed by atoms with Crippen molar-refractivity contribution >= 4 is 11.7 Å². The van der Waals surface area contributed by atoms with Crippen molar-refractivity contribution in [1.29, 1.82) is 0 Å². The summed E-state index contributed by atoms with van der Waals surface area (Å²) in [6, 6.07) is 2.20. The van der Waals surface area contributed by atoms with Crippen LogP contribution in [0.3, 0.4) is 0 Å². The molecule has 6 heteroatoms. The Kier molecular flexibility index (Phi) is 2.10. The monoisotopic (exact) mass is 231 g/mol. The summed E-state index contributed by atoms with van der Waals surface area (Å²) in [4.78, 5) is 22.0. The first-order valence-corrected chi connectivity index (χ1v) is 5.62. The van der Waals surface area contributed by atoms with Gasteiger partial charge in [-0.2, -0.15) is 4.98 Å². The Morgan fingerprint density at radius 3 is 2.94 bits per heavy atom. The minimum atomic E-state index is -0.127. The van der Waals surface area contributed by atoms with E-state index in [1.54, 1.807) is 22.7 Å². The molecule has 2 aromatic rings. The fourth-order valence-corrected chi connectivity index (χ4v) is 1.78. The van der Waals surface area contributed by atoms with Crippen LogP contribution in [0.5, 0.6) is 0 Å². The minimum absolute atomic E-state index is 0.127. The van der Waals surface area contributed by atoms with E-state index in [0.29, 0.717) is 11.8 Å². The topological polar surface area (TPSA) is 63.4 Å². The zero-order valence-electron chi connectivity index (χ0n) is 9.79. The summed E-state index contributed by atoms with van der Waals surface area (Å²) in [7, 11) is 1.80. The predicted molar refractivity (Wildman–Crippen MR) is 60.6 cm³/mol. The number of carbonyl (C=O) groups excluding carboxylic acids is 1. The van der Waals surface area contributed by atoms with E-state index in [9.17, 15) is 4.79 Å². The summed E-state index contributed by atoms with van der Waals surface area (Å²) in [6.45, 7) is 1.90. The van der Waals surface area contributed by atoms with Crippen LogP contribution in [0, 0.1) is 6.92 Å². The summed E-state index contributed by atoms with van der Waals surface area (Å²) in [5.41, 5.74) is 0.913. The highest BCUT2D eigenvalue weighted by atomic mass is 16.2. The van der Waals surface area contributed by atoms with Gasteiger partial charge in [0.15, 0.2) is 0 Å². The molecule has 2 heterocycles. The molecule has 0 N–H and O–H groups in total. The number of nitrogens with zero attached hydrogens (tertiary/aromatic N) is 5. The van der Waals surface area contributed by atoms with Crippen molar-refractivity contribution in [3.05, 3.63) is 23.8 Å². The Morgan fingerprint density at radius 2 is 2.29 bits per heavy atom. The van der Waals surface area contributed by atoms with Gasteiger partial charge in [-0.3, -0.25) is 4.79 Å². The molecule has 3 rings (SSSR count). The second-order valence-corrected chi connectivity index (χ2v) is 4.38. The maximum absolute atomic E-state index is 12.1. The zero-order chi connectivity index (χ0) is 12.0. The van der Waals surface area contributed by atoms with Gasteiger partial charge < -0.3 is 4.90 Å². The van der Waals surface area contributed by atoms with Gasteiger partial charge in [0.2, 0.25) is 5.82 Å². The standard InChI is InChI=1S/C11H13N5O/c1-7-5-6-12-11-13-9(14-16(7)11)10(17)15(2)8-3-4-8/h5-6,8H,3-4H2,1-2H3. The molecule has 17 heavy (non-hydrogen) atoms. The number of hydrogen-bond donors (Lipinski definition) is 0. The smallest absolute Gasteiger partial charge is 0.293 e. The maximum Gasteiger partial charge on any atom is 0.293 e. The quantitative estimate of drug-likeness (QED) is 0.762. The first-order valence-electron chi connectivity index (χ1n) is 5.62. The number of amides is 1. The van der Waals surface area contributed by atoms with Crippen LogP contribution in [0.4, 0.5) is 0 Å². The Labute approximate surface area is 98.3 Å². The van der Waals surface area contributed by atoms with Gasteiger partial charge in [0, 0.05) is 25.0 Å². The third-order valence-electron chi connectivity index (χ3n) is 3.04. The predicted octanol–water partition coefficient (Wildman–Crippen LogP) is 0.667. The van der Waals surface area contributed by atoms with Crippen LogP contribution in [0.25, 0.3) is 5.78 Å². The van der Waals surface area contributed by atoms with E-state index in [-0.39, 0.29) is 11.7 Å². The number of aryl methyl sites for hydroxylation is 1. The minimum Gasteiger partial charge on any atom is -0.336 e. The lowest BCUT2D eigenvalue weighted by molar-refractivity contribution is 0.0773. The van der Waals surface area contributed by atoms with Crippen LogP contribution in [0.15, 0.2) is 12.3 Å². The Hall–Kier alpha value is -1.98. The SMILES string of the molecule is Cc1ccnc2nc(C(=O)N(C)C3CC3)nn12. The molecule has 1 aliphatic rings. The molecule has 0 radical (unpaired) electrons. The van der Waals surface area contributed by atoms with E-state index in [4.69, 9.17) is 0 Å². The molecule has 1 fully saturated rings. The van der Waals surface area contributed by atoms with E-state index in [1.807, 2.05) is 13.0 Å². The highest BCUT2D eigenvalue weighted by Crippen LogP contribution is 2.26. The third-order valence-corrected chi connectivity index (χ3v) is 3.04. The highest BCUT2D eigenvalue weighted by Gasteiger charge is 2.31. The third kappa shape index (κ3) is 1.65. The zero-order valence-corrected chi connectivity index (χ0v) is 9.79. The van der Waals surface area contributed by atoms with Crippen LogP contribution in [-0.4, -0.2) is 43.5 Å². The van der Waals surface area contributed by atoms with Crippen molar-refractivity contribution in [3.63, 3.8) is 0 Å². The summed E-state index contributed by atoms with van der Waals surface area (Å²) in [5, 5.41) is 4.20. The summed E-state index contributed by atoms with van der Waals surface area (Å²) < 4.78 is 1.59. The number of aromatic nitrogens is 4. The van der Waals surface area contributed by atoms with Crippen LogP contribution in [0.1, 0.15) is 29.2 Å². The van der Waals surface area contributed by atoms with E-state index in [2.05, 4.69) is 15.1 Å². The largest absolute Gasteiger partial charge is 0.336 e. The molecule has 1 amide bonds. The first kappa shape index (κ1) is 10.2. The van der Waals surface area contributed by atoms with Crippen molar-refractivity contribution < 1.29 is 4.79 Å². The van der Waals surface area contributed by atoms with Crippen LogP contribution in [-0.2, 0) is 0 Å². The number of hydrogen-bond acceptors (Lipinski definition) is 4. The van der Waals surface area contributed by atoms with Gasteiger partial charge in [0.25, 0.3) is 11.7 Å². The molecule has 0 saturated heterocycles. The molecule has 0 atom stereocenters. The molecule has 0 aromatic carbocycles. The Bertz CT molecular complexity index is 587. The van der Waals surface area contributed by atoms with Gasteiger partial charge in [-0.1, -0.05) is 0 Å². The molecule has 0 unspecified atom stereocenters. The summed E-state index contributed by atoms with van der Waals surface area (Å²) in [5.74, 6) is 0.566. The number of carbonyl (C=O) groups is 1. The molecule has 0 spiro atoms. The highest BCUT2D eigenvalue weighted by molar-refractivity contribution is 5.91. The molecule has 0 bridgehead atoms. The lowest BCUT2D eigenvalue weighted by Gasteiger charge is -2.12. The molecule has 1 aliphatic carbocycles. The van der Waals surface area contributed by atoms with Gasteiger partial charge in [-0.05, 0) is 25.8 Å². The molecule has 6 nitrogen and oxygen atoms in total.